The maximum Gasteiger partial charge on any atom is 0.242 e. The molecule has 0 aromatic heterocycles. The molecule has 1 aliphatic heterocycles. The average molecular weight is 519 g/mol. The van der Waals surface area contributed by atoms with Gasteiger partial charge in [0.25, 0.3) is 0 Å². The summed E-state index contributed by atoms with van der Waals surface area (Å²) in [6.07, 6.45) is 0.854. The number of fused-ring (bicyclic) bond motifs is 2. The molecule has 1 aliphatic rings. The second-order valence-corrected chi connectivity index (χ2v) is 11.2. The summed E-state index contributed by atoms with van der Waals surface area (Å²) in [6.45, 7) is 4.20. The molecule has 3 amide bonds. The largest absolute Gasteiger partial charge is 0.352 e. The third kappa shape index (κ3) is 7.33. The molecular weight excluding hydrogens is 484 g/mol. The van der Waals surface area contributed by atoms with Crippen molar-refractivity contribution in [3.63, 3.8) is 0 Å². The van der Waals surface area contributed by atoms with E-state index in [1.165, 1.54) is 0 Å². The van der Waals surface area contributed by atoms with Crippen molar-refractivity contribution in [2.24, 2.45) is 5.73 Å². The first-order valence-corrected chi connectivity index (χ1v) is 13.5. The van der Waals surface area contributed by atoms with Gasteiger partial charge in [-0.15, -0.1) is 11.8 Å². The number of nitrogens with zero attached hydrogens (tertiary/aromatic N) is 1. The van der Waals surface area contributed by atoms with Crippen LogP contribution in [0.2, 0.25) is 0 Å². The number of para-hydroxylation sites is 1. The first kappa shape index (κ1) is 26.7. The van der Waals surface area contributed by atoms with E-state index in [9.17, 15) is 14.4 Å². The van der Waals surface area contributed by atoms with Gasteiger partial charge in [0.1, 0.15) is 6.04 Å². The number of amides is 3. The van der Waals surface area contributed by atoms with Gasteiger partial charge >= 0.3 is 0 Å². The zero-order chi connectivity index (χ0) is 26.4. The van der Waals surface area contributed by atoms with Crippen molar-refractivity contribution in [1.82, 2.24) is 10.6 Å². The monoisotopic (exact) mass is 518 g/mol. The van der Waals surface area contributed by atoms with Gasteiger partial charge in [0.2, 0.25) is 17.7 Å². The molecule has 0 fully saturated rings. The Bertz CT molecular complexity index is 1290. The van der Waals surface area contributed by atoms with E-state index in [2.05, 4.69) is 10.6 Å². The number of anilines is 1. The number of nitrogens with one attached hydrogen (secondary N) is 2. The number of carbonyl (C=O) groups is 3. The smallest absolute Gasteiger partial charge is 0.242 e. The van der Waals surface area contributed by atoms with Crippen LogP contribution >= 0.6 is 11.8 Å². The maximum absolute atomic E-state index is 13.1. The van der Waals surface area contributed by atoms with Crippen LogP contribution in [0.15, 0.2) is 71.6 Å². The summed E-state index contributed by atoms with van der Waals surface area (Å²) in [5.41, 5.74) is 7.25. The molecule has 7 nitrogen and oxygen atoms in total. The fraction of sp³-hybridized carbons (Fsp3) is 0.345. The first-order valence-electron chi connectivity index (χ1n) is 12.6. The number of carbonyl (C=O) groups excluding carboxylic acids is 3. The van der Waals surface area contributed by atoms with Crippen LogP contribution in [0.3, 0.4) is 0 Å². The van der Waals surface area contributed by atoms with Crippen molar-refractivity contribution in [3.8, 4) is 0 Å². The Morgan fingerprint density at radius 2 is 1.78 bits per heavy atom. The predicted octanol–water partition coefficient (Wildman–Crippen LogP) is 3.64. The molecule has 3 aromatic carbocycles. The Morgan fingerprint density at radius 1 is 1.05 bits per heavy atom. The van der Waals surface area contributed by atoms with Gasteiger partial charge in [0.15, 0.2) is 0 Å². The van der Waals surface area contributed by atoms with Crippen LogP contribution in [-0.4, -0.2) is 48.1 Å². The van der Waals surface area contributed by atoms with Gasteiger partial charge in [-0.25, -0.2) is 0 Å². The van der Waals surface area contributed by atoms with E-state index in [1.54, 1.807) is 16.7 Å². The van der Waals surface area contributed by atoms with Gasteiger partial charge in [-0.2, -0.15) is 0 Å². The van der Waals surface area contributed by atoms with E-state index in [0.29, 0.717) is 18.6 Å². The predicted molar refractivity (Wildman–Crippen MR) is 150 cm³/mol. The summed E-state index contributed by atoms with van der Waals surface area (Å²) in [5.74, 6) is 0.146. The lowest BCUT2D eigenvalue weighted by atomic mass is 10.0. The van der Waals surface area contributed by atoms with E-state index in [1.807, 2.05) is 80.6 Å². The number of nitrogens with two attached hydrogens (primary N) is 1. The molecule has 1 unspecified atom stereocenters. The van der Waals surface area contributed by atoms with E-state index in [0.717, 1.165) is 26.9 Å². The van der Waals surface area contributed by atoms with Crippen LogP contribution < -0.4 is 21.3 Å². The lowest BCUT2D eigenvalue weighted by Crippen LogP contribution is -2.53. The van der Waals surface area contributed by atoms with E-state index < -0.39 is 11.6 Å². The Morgan fingerprint density at radius 3 is 2.57 bits per heavy atom. The minimum absolute atomic E-state index is 0.000818. The highest BCUT2D eigenvalue weighted by Crippen LogP contribution is 2.34. The summed E-state index contributed by atoms with van der Waals surface area (Å²) in [4.78, 5) is 41.6. The molecule has 0 saturated heterocycles. The van der Waals surface area contributed by atoms with Gasteiger partial charge in [0, 0.05) is 48.5 Å². The van der Waals surface area contributed by atoms with Gasteiger partial charge in [-0.1, -0.05) is 54.6 Å². The molecule has 1 atom stereocenters. The Labute approximate surface area is 222 Å². The topological polar surface area (TPSA) is 105 Å². The van der Waals surface area contributed by atoms with Crippen molar-refractivity contribution in [1.29, 1.82) is 0 Å². The minimum atomic E-state index is -0.765. The molecule has 0 radical (unpaired) electrons. The van der Waals surface area contributed by atoms with Crippen LogP contribution in [-0.2, 0) is 20.8 Å². The molecule has 0 aliphatic carbocycles. The SMILES string of the molecule is CC(C)(N)CNC(=O)C(Cc1ccc2ccccc2c1)NC(=O)CCN1C(=O)CCSc2ccccc21. The summed E-state index contributed by atoms with van der Waals surface area (Å²) in [6, 6.07) is 21.0. The van der Waals surface area contributed by atoms with Crippen molar-refractivity contribution >= 4 is 45.9 Å². The fourth-order valence-corrected chi connectivity index (χ4v) is 5.29. The lowest BCUT2D eigenvalue weighted by molar-refractivity contribution is -0.129. The van der Waals surface area contributed by atoms with Gasteiger partial charge < -0.3 is 21.3 Å². The third-order valence-corrected chi connectivity index (χ3v) is 7.28. The molecule has 0 bridgehead atoms. The Hall–Kier alpha value is -3.36. The van der Waals surface area contributed by atoms with Crippen molar-refractivity contribution in [2.45, 2.75) is 49.6 Å². The second-order valence-electron chi connectivity index (χ2n) is 10.1. The summed E-state index contributed by atoms with van der Waals surface area (Å²) in [5, 5.41) is 7.97. The molecule has 4 rings (SSSR count). The van der Waals surface area contributed by atoms with E-state index >= 15 is 0 Å². The highest BCUT2D eigenvalue weighted by Gasteiger charge is 2.26. The Balaban J connectivity index is 1.46. The van der Waals surface area contributed by atoms with Crippen LogP contribution in [0.5, 0.6) is 0 Å². The molecule has 1 heterocycles. The third-order valence-electron chi connectivity index (χ3n) is 6.22. The molecule has 0 spiro atoms. The van der Waals surface area contributed by atoms with Gasteiger partial charge in [0.05, 0.1) is 5.69 Å². The molecule has 37 heavy (non-hydrogen) atoms. The zero-order valence-corrected chi connectivity index (χ0v) is 22.1. The van der Waals surface area contributed by atoms with Gasteiger partial charge in [-0.05, 0) is 42.3 Å². The maximum atomic E-state index is 13.1. The lowest BCUT2D eigenvalue weighted by Gasteiger charge is -2.25. The van der Waals surface area contributed by atoms with Crippen LogP contribution in [0, 0.1) is 0 Å². The minimum Gasteiger partial charge on any atom is -0.352 e. The summed E-state index contributed by atoms with van der Waals surface area (Å²) >= 11 is 1.65. The molecule has 194 valence electrons. The van der Waals surface area contributed by atoms with Crippen molar-refractivity contribution in [2.75, 3.05) is 23.7 Å². The highest BCUT2D eigenvalue weighted by atomic mass is 32.2. The zero-order valence-electron chi connectivity index (χ0n) is 21.3. The number of hydrogen-bond acceptors (Lipinski definition) is 5. The average Bonchev–Trinajstić information content (AvgIpc) is 3.03. The molecule has 3 aromatic rings. The fourth-order valence-electron chi connectivity index (χ4n) is 4.29. The van der Waals surface area contributed by atoms with Crippen molar-refractivity contribution in [3.05, 3.63) is 72.3 Å². The van der Waals surface area contributed by atoms with Crippen LogP contribution in [0.4, 0.5) is 5.69 Å². The van der Waals surface area contributed by atoms with E-state index in [-0.39, 0.29) is 37.2 Å². The summed E-state index contributed by atoms with van der Waals surface area (Å²) < 4.78 is 0. The number of thioether (sulfide) groups is 1. The molecule has 4 N–H and O–H groups in total. The van der Waals surface area contributed by atoms with E-state index in [4.69, 9.17) is 5.73 Å². The molecule has 8 heteroatoms. The second kappa shape index (κ2) is 11.8. The first-order chi connectivity index (χ1) is 17.7. The number of rotatable bonds is 9. The quantitative estimate of drug-likeness (QED) is 0.401. The summed E-state index contributed by atoms with van der Waals surface area (Å²) in [7, 11) is 0. The highest BCUT2D eigenvalue weighted by molar-refractivity contribution is 7.99. The van der Waals surface area contributed by atoms with Crippen molar-refractivity contribution < 1.29 is 14.4 Å². The molecule has 0 saturated carbocycles. The van der Waals surface area contributed by atoms with Crippen LogP contribution in [0.25, 0.3) is 10.8 Å². The molecular formula is C29H34N4O3S. The standard InChI is InChI=1S/C29H34N4O3S/c1-29(2,30)19-31-28(36)23(18-20-11-12-21-7-3-4-8-22(21)17-20)32-26(34)13-15-33-24-9-5-6-10-25(24)37-16-14-27(33)35/h3-12,17,23H,13-16,18-19,30H2,1-2H3,(H,31,36)(H,32,34). The van der Waals surface area contributed by atoms with Gasteiger partial charge in [-0.3, -0.25) is 14.4 Å². The number of benzene rings is 3. The number of hydrogen-bond donors (Lipinski definition) is 3. The van der Waals surface area contributed by atoms with Crippen LogP contribution in [0.1, 0.15) is 32.3 Å². The Kier molecular flexibility index (Phi) is 8.51. The normalized spacial score (nSPS) is 14.6.